The molecular weight excluding hydrogens is 619 g/mol. The number of aromatic nitrogens is 4. The maximum atomic E-state index is 13.7. The Hall–Kier alpha value is -4.38. The second kappa shape index (κ2) is 14.2. The summed E-state index contributed by atoms with van der Waals surface area (Å²) in [4.78, 5) is 55.3. The number of carboxylic acids is 1. The van der Waals surface area contributed by atoms with Crippen molar-refractivity contribution >= 4 is 35.0 Å². The maximum absolute atomic E-state index is 13.7. The smallest absolute Gasteiger partial charge is 0.475 e. The summed E-state index contributed by atoms with van der Waals surface area (Å²) in [6.07, 6.45) is -4.55. The largest absolute Gasteiger partial charge is 0.490 e. The Kier molecular flexibility index (Phi) is 11.0. The fraction of sp³-hybridized carbons (Fsp3) is 0.464. The molecule has 1 fully saturated rings. The van der Waals surface area contributed by atoms with Crippen molar-refractivity contribution in [2.24, 2.45) is 5.41 Å². The molecule has 3 aromatic rings. The van der Waals surface area contributed by atoms with Gasteiger partial charge in [0.15, 0.2) is 5.69 Å². The number of aliphatic carboxylic acids is 1. The Balaban J connectivity index is 0.000000707. The summed E-state index contributed by atoms with van der Waals surface area (Å²) < 4.78 is 31.7. The summed E-state index contributed by atoms with van der Waals surface area (Å²) >= 11 is 1.58. The molecule has 4 atom stereocenters. The van der Waals surface area contributed by atoms with Gasteiger partial charge in [0.2, 0.25) is 11.8 Å². The van der Waals surface area contributed by atoms with Crippen LogP contribution in [0.3, 0.4) is 0 Å². The fourth-order valence-electron chi connectivity index (χ4n) is 4.53. The number of carbonyl (C=O) groups excluding carboxylic acids is 3. The Morgan fingerprint density at radius 1 is 1.11 bits per heavy atom. The molecular formula is C28H34F3N7O6S. The lowest BCUT2D eigenvalue weighted by molar-refractivity contribution is -0.192. The number of nitrogens with zero attached hydrogens (tertiary/aromatic N) is 4. The van der Waals surface area contributed by atoms with Gasteiger partial charge >= 0.3 is 12.1 Å². The van der Waals surface area contributed by atoms with Crippen molar-refractivity contribution < 1.29 is 42.6 Å². The number of halogens is 3. The number of amides is 3. The Labute approximate surface area is 260 Å². The lowest BCUT2D eigenvalue weighted by Crippen LogP contribution is -2.57. The molecule has 3 amide bonds. The van der Waals surface area contributed by atoms with Crippen molar-refractivity contribution in [3.05, 3.63) is 52.9 Å². The van der Waals surface area contributed by atoms with Gasteiger partial charge in [-0.25, -0.2) is 9.78 Å². The first kappa shape index (κ1) is 35.1. The highest BCUT2D eigenvalue weighted by Gasteiger charge is 2.45. The second-order valence-corrected chi connectivity index (χ2v) is 12.3. The number of H-pyrrole nitrogens is 1. The van der Waals surface area contributed by atoms with Crippen LogP contribution >= 0.6 is 11.3 Å². The molecule has 4 rings (SSSR count). The molecule has 1 aromatic carbocycles. The molecule has 2 aromatic heterocycles. The topological polar surface area (TPSA) is 190 Å². The zero-order chi connectivity index (χ0) is 33.7. The highest BCUT2D eigenvalue weighted by Crippen LogP contribution is 2.29. The van der Waals surface area contributed by atoms with Gasteiger partial charge in [-0.15, -0.1) is 11.3 Å². The average Bonchev–Trinajstić information content (AvgIpc) is 3.72. The Morgan fingerprint density at radius 2 is 1.73 bits per heavy atom. The van der Waals surface area contributed by atoms with E-state index in [-0.39, 0.29) is 30.6 Å². The number of hydrogen-bond acceptors (Lipinski definition) is 9. The van der Waals surface area contributed by atoms with Crippen LogP contribution in [0.25, 0.3) is 10.4 Å². The van der Waals surface area contributed by atoms with Gasteiger partial charge in [0.1, 0.15) is 12.1 Å². The number of aryl methyl sites for hydroxylation is 1. The first-order chi connectivity index (χ1) is 20.9. The van der Waals surface area contributed by atoms with Crippen LogP contribution in [0.15, 0.2) is 36.0 Å². The molecule has 13 nitrogen and oxygen atoms in total. The average molecular weight is 654 g/mol. The highest BCUT2D eigenvalue weighted by molar-refractivity contribution is 7.13. The number of rotatable bonds is 7. The van der Waals surface area contributed by atoms with Crippen molar-refractivity contribution in [2.75, 3.05) is 6.54 Å². The fourth-order valence-corrected chi connectivity index (χ4v) is 5.34. The van der Waals surface area contributed by atoms with E-state index in [0.29, 0.717) is 0 Å². The molecule has 244 valence electrons. The number of aliphatic hydroxyl groups is 1. The van der Waals surface area contributed by atoms with E-state index in [1.54, 1.807) is 11.3 Å². The SMILES string of the molecule is Cc1ncsc1-c1ccc([C@H](C)NC(=O)[C@@H]2C[C@@H](O)CN2C(=O)[C@@H](NC(=O)c2cn[nH]n2)C(C)(C)C)cc1.O=C(O)C(F)(F)F. The van der Waals surface area contributed by atoms with E-state index in [1.165, 1.54) is 11.1 Å². The number of hydrogen-bond donors (Lipinski definition) is 5. The zero-order valence-corrected chi connectivity index (χ0v) is 25.9. The number of carboxylic acid groups (broad SMARTS) is 1. The van der Waals surface area contributed by atoms with Gasteiger partial charge in [0.05, 0.1) is 34.4 Å². The van der Waals surface area contributed by atoms with Crippen LogP contribution in [0.4, 0.5) is 13.2 Å². The lowest BCUT2D eigenvalue weighted by Gasteiger charge is -2.35. The maximum Gasteiger partial charge on any atom is 0.490 e. The number of aliphatic hydroxyl groups excluding tert-OH is 1. The lowest BCUT2D eigenvalue weighted by atomic mass is 9.85. The minimum absolute atomic E-state index is 0.000604. The van der Waals surface area contributed by atoms with Crippen LogP contribution in [-0.2, 0) is 14.4 Å². The summed E-state index contributed by atoms with van der Waals surface area (Å²) in [5.41, 5.74) is 4.13. The number of thiazole rings is 1. The third kappa shape index (κ3) is 9.07. The molecule has 0 radical (unpaired) electrons. The van der Waals surface area contributed by atoms with Gasteiger partial charge in [-0.2, -0.15) is 28.6 Å². The number of benzene rings is 1. The van der Waals surface area contributed by atoms with E-state index in [9.17, 15) is 32.7 Å². The van der Waals surface area contributed by atoms with Gasteiger partial charge in [0.25, 0.3) is 5.91 Å². The van der Waals surface area contributed by atoms with Crippen LogP contribution in [-0.4, -0.2) is 90.1 Å². The number of likely N-dealkylation sites (tertiary alicyclic amines) is 1. The van der Waals surface area contributed by atoms with Gasteiger partial charge in [-0.05, 0) is 30.4 Å². The van der Waals surface area contributed by atoms with Crippen molar-refractivity contribution in [1.82, 2.24) is 35.9 Å². The molecule has 1 saturated heterocycles. The normalized spacial score (nSPS) is 17.9. The zero-order valence-electron chi connectivity index (χ0n) is 25.0. The van der Waals surface area contributed by atoms with Gasteiger partial charge in [-0.1, -0.05) is 45.0 Å². The molecule has 0 bridgehead atoms. The molecule has 5 N–H and O–H groups in total. The van der Waals surface area contributed by atoms with Crippen molar-refractivity contribution in [3.8, 4) is 10.4 Å². The monoisotopic (exact) mass is 653 g/mol. The van der Waals surface area contributed by atoms with Crippen LogP contribution in [0.1, 0.15) is 61.9 Å². The van der Waals surface area contributed by atoms with Gasteiger partial charge < -0.3 is 25.7 Å². The van der Waals surface area contributed by atoms with E-state index in [1.807, 2.05) is 64.4 Å². The van der Waals surface area contributed by atoms with E-state index in [2.05, 4.69) is 31.0 Å². The van der Waals surface area contributed by atoms with E-state index < -0.39 is 47.6 Å². The predicted octanol–water partition coefficient (Wildman–Crippen LogP) is 2.85. The third-order valence-electron chi connectivity index (χ3n) is 6.92. The van der Waals surface area contributed by atoms with Crippen molar-refractivity contribution in [3.63, 3.8) is 0 Å². The quantitative estimate of drug-likeness (QED) is 0.255. The Bertz CT molecular complexity index is 1490. The van der Waals surface area contributed by atoms with E-state index in [4.69, 9.17) is 9.90 Å². The molecule has 1 aliphatic heterocycles. The van der Waals surface area contributed by atoms with E-state index in [0.717, 1.165) is 21.7 Å². The molecule has 0 saturated carbocycles. The van der Waals surface area contributed by atoms with Crippen LogP contribution in [0.2, 0.25) is 0 Å². The number of nitrogens with one attached hydrogen (secondary N) is 3. The standard InChI is InChI=1S/C26H33N7O4S.C2HF3O2/c1-14(16-6-8-17(9-7-16)21-15(2)27-13-38-21)29-24(36)20-10-18(34)12-33(20)25(37)22(26(3,4)5)30-23(35)19-11-28-32-31-19;3-2(4,5)1(6)7/h6-9,11,13-14,18,20,22,34H,10,12H2,1-5H3,(H,29,36)(H,30,35)(H,28,31,32);(H,6,7)/t14-,18+,20-,22+;/m0./s1. The van der Waals surface area contributed by atoms with Crippen LogP contribution in [0.5, 0.6) is 0 Å². The molecule has 17 heteroatoms. The molecule has 0 unspecified atom stereocenters. The summed E-state index contributed by atoms with van der Waals surface area (Å²) in [7, 11) is 0. The second-order valence-electron chi connectivity index (χ2n) is 11.4. The summed E-state index contributed by atoms with van der Waals surface area (Å²) in [6.45, 7) is 9.30. The third-order valence-corrected chi connectivity index (χ3v) is 7.90. The molecule has 0 spiro atoms. The summed E-state index contributed by atoms with van der Waals surface area (Å²) in [5, 5.41) is 33.0. The van der Waals surface area contributed by atoms with Crippen molar-refractivity contribution in [1.29, 1.82) is 0 Å². The van der Waals surface area contributed by atoms with Crippen LogP contribution < -0.4 is 10.6 Å². The van der Waals surface area contributed by atoms with E-state index >= 15 is 0 Å². The molecule has 0 aliphatic carbocycles. The number of β-amino-alcohol motifs (C(OH)–C–C–N with tert-alkyl or cyclic N) is 1. The molecule has 3 heterocycles. The van der Waals surface area contributed by atoms with Gasteiger partial charge in [0, 0.05) is 13.0 Å². The minimum atomic E-state index is -5.08. The summed E-state index contributed by atoms with van der Waals surface area (Å²) in [5.74, 6) is -4.12. The predicted molar refractivity (Wildman–Crippen MR) is 156 cm³/mol. The molecule has 1 aliphatic rings. The first-order valence-electron chi connectivity index (χ1n) is 13.7. The molecule has 45 heavy (non-hydrogen) atoms. The summed E-state index contributed by atoms with van der Waals surface area (Å²) in [6, 6.07) is 5.78. The number of alkyl halides is 3. The number of aromatic amines is 1. The Morgan fingerprint density at radius 3 is 2.22 bits per heavy atom. The van der Waals surface area contributed by atoms with Crippen molar-refractivity contribution in [2.45, 2.75) is 71.4 Å². The number of carbonyl (C=O) groups is 4. The highest BCUT2D eigenvalue weighted by atomic mass is 32.1. The first-order valence-corrected chi connectivity index (χ1v) is 14.5. The van der Waals surface area contributed by atoms with Crippen LogP contribution in [0, 0.1) is 12.3 Å². The minimum Gasteiger partial charge on any atom is -0.475 e. The van der Waals surface area contributed by atoms with Gasteiger partial charge in [-0.3, -0.25) is 14.4 Å².